The Bertz CT molecular complexity index is 424. The molecule has 0 radical (unpaired) electrons. The third kappa shape index (κ3) is 3.53. The summed E-state index contributed by atoms with van der Waals surface area (Å²) in [6.45, 7) is 6.90. The maximum atomic E-state index is 3.58. The summed E-state index contributed by atoms with van der Waals surface area (Å²) in [7, 11) is 2.23. The van der Waals surface area contributed by atoms with Gasteiger partial charge < -0.3 is 15.1 Å². The first-order valence-electron chi connectivity index (χ1n) is 8.00. The summed E-state index contributed by atoms with van der Waals surface area (Å²) in [5, 5.41) is 3.58. The molecule has 1 unspecified atom stereocenters. The fourth-order valence-electron chi connectivity index (χ4n) is 3.11. The number of anilines is 1. The van der Waals surface area contributed by atoms with Gasteiger partial charge in [-0.1, -0.05) is 12.1 Å². The summed E-state index contributed by atoms with van der Waals surface area (Å²) in [5.74, 6) is 0. The average molecular weight is 273 g/mol. The normalized spacial score (nSPS) is 24.7. The van der Waals surface area contributed by atoms with Gasteiger partial charge >= 0.3 is 0 Å². The van der Waals surface area contributed by atoms with Crippen molar-refractivity contribution in [2.45, 2.75) is 44.8 Å². The molecule has 3 heteroatoms. The minimum atomic E-state index is 0.595. The number of benzene rings is 1. The molecule has 2 aliphatic rings. The van der Waals surface area contributed by atoms with E-state index in [9.17, 15) is 0 Å². The van der Waals surface area contributed by atoms with E-state index < -0.39 is 0 Å². The molecule has 1 N–H and O–H groups in total. The predicted molar refractivity (Wildman–Crippen MR) is 85.2 cm³/mol. The Morgan fingerprint density at radius 2 is 1.90 bits per heavy atom. The van der Waals surface area contributed by atoms with Gasteiger partial charge in [-0.2, -0.15) is 0 Å². The second-order valence-corrected chi connectivity index (χ2v) is 6.48. The number of hydrogen-bond donors (Lipinski definition) is 1. The van der Waals surface area contributed by atoms with Gasteiger partial charge in [-0.05, 0) is 57.5 Å². The molecule has 3 rings (SSSR count). The van der Waals surface area contributed by atoms with Crippen LogP contribution in [0.15, 0.2) is 24.3 Å². The van der Waals surface area contributed by atoms with E-state index in [0.717, 1.165) is 19.1 Å². The molecule has 0 bridgehead atoms. The van der Waals surface area contributed by atoms with Crippen LogP contribution >= 0.6 is 0 Å². The van der Waals surface area contributed by atoms with Crippen molar-refractivity contribution in [2.75, 3.05) is 31.6 Å². The topological polar surface area (TPSA) is 18.5 Å². The smallest absolute Gasteiger partial charge is 0.0388 e. The van der Waals surface area contributed by atoms with Crippen molar-refractivity contribution >= 4 is 5.69 Å². The van der Waals surface area contributed by atoms with Crippen molar-refractivity contribution < 1.29 is 0 Å². The molecule has 1 aromatic carbocycles. The van der Waals surface area contributed by atoms with E-state index in [0.29, 0.717) is 6.04 Å². The van der Waals surface area contributed by atoms with Gasteiger partial charge in [0, 0.05) is 37.4 Å². The van der Waals surface area contributed by atoms with Gasteiger partial charge in [-0.3, -0.25) is 0 Å². The second-order valence-electron chi connectivity index (χ2n) is 6.48. The van der Waals surface area contributed by atoms with Crippen LogP contribution in [-0.4, -0.2) is 43.7 Å². The summed E-state index contributed by atoms with van der Waals surface area (Å²) in [4.78, 5) is 5.00. The van der Waals surface area contributed by atoms with Crippen LogP contribution in [0.5, 0.6) is 0 Å². The lowest BCUT2D eigenvalue weighted by atomic mass is 10.1. The number of nitrogens with one attached hydrogen (secondary N) is 1. The zero-order chi connectivity index (χ0) is 13.9. The van der Waals surface area contributed by atoms with Crippen LogP contribution in [0.25, 0.3) is 0 Å². The Kier molecular flexibility index (Phi) is 4.27. The van der Waals surface area contributed by atoms with Crippen molar-refractivity contribution in [2.24, 2.45) is 0 Å². The molecule has 1 saturated heterocycles. The fraction of sp³-hybridized carbons (Fsp3) is 0.647. The first-order chi connectivity index (χ1) is 9.72. The lowest BCUT2D eigenvalue weighted by molar-refractivity contribution is 0.337. The zero-order valence-electron chi connectivity index (χ0n) is 12.8. The van der Waals surface area contributed by atoms with Crippen molar-refractivity contribution in [1.29, 1.82) is 0 Å². The highest BCUT2D eigenvalue weighted by atomic mass is 15.2. The molecule has 1 atom stereocenters. The SMILES string of the molecule is CC1CN(C)CCCN1c1ccc(CNC2CC2)cc1. The Morgan fingerprint density at radius 1 is 1.15 bits per heavy atom. The van der Waals surface area contributed by atoms with Gasteiger partial charge in [0.05, 0.1) is 0 Å². The predicted octanol–water partition coefficient (Wildman–Crippen LogP) is 2.47. The molecule has 1 saturated carbocycles. The Morgan fingerprint density at radius 3 is 2.60 bits per heavy atom. The van der Waals surface area contributed by atoms with E-state index in [1.54, 1.807) is 0 Å². The first kappa shape index (κ1) is 13.9. The fourth-order valence-corrected chi connectivity index (χ4v) is 3.11. The molecule has 20 heavy (non-hydrogen) atoms. The van der Waals surface area contributed by atoms with Gasteiger partial charge in [0.15, 0.2) is 0 Å². The summed E-state index contributed by atoms with van der Waals surface area (Å²) >= 11 is 0. The van der Waals surface area contributed by atoms with Crippen LogP contribution in [0.4, 0.5) is 5.69 Å². The van der Waals surface area contributed by atoms with Crippen molar-refractivity contribution in [3.63, 3.8) is 0 Å². The lowest BCUT2D eigenvalue weighted by Crippen LogP contribution is -2.37. The summed E-state index contributed by atoms with van der Waals surface area (Å²) < 4.78 is 0. The minimum absolute atomic E-state index is 0.595. The molecule has 1 aromatic rings. The van der Waals surface area contributed by atoms with Crippen LogP contribution in [-0.2, 0) is 6.54 Å². The molecule has 0 amide bonds. The third-order valence-electron chi connectivity index (χ3n) is 4.49. The standard InChI is InChI=1S/C17H27N3/c1-14-13-19(2)10-3-11-20(14)17-8-4-15(5-9-17)12-18-16-6-7-16/h4-5,8-9,14,16,18H,3,6-7,10-13H2,1-2H3. The number of hydrogen-bond acceptors (Lipinski definition) is 3. The molecular weight excluding hydrogens is 246 g/mol. The summed E-state index contributed by atoms with van der Waals surface area (Å²) in [6.07, 6.45) is 3.97. The van der Waals surface area contributed by atoms with Crippen molar-refractivity contribution in [3.05, 3.63) is 29.8 Å². The molecule has 0 spiro atoms. The number of rotatable bonds is 4. The molecule has 1 heterocycles. The van der Waals surface area contributed by atoms with Crippen LogP contribution in [0, 0.1) is 0 Å². The van der Waals surface area contributed by atoms with E-state index >= 15 is 0 Å². The quantitative estimate of drug-likeness (QED) is 0.909. The molecule has 3 nitrogen and oxygen atoms in total. The molecular formula is C17H27N3. The molecule has 110 valence electrons. The maximum Gasteiger partial charge on any atom is 0.0388 e. The van der Waals surface area contributed by atoms with E-state index in [1.165, 1.54) is 43.6 Å². The van der Waals surface area contributed by atoms with Crippen molar-refractivity contribution in [3.8, 4) is 0 Å². The minimum Gasteiger partial charge on any atom is -0.367 e. The van der Waals surface area contributed by atoms with Gasteiger partial charge in [0.2, 0.25) is 0 Å². The van der Waals surface area contributed by atoms with E-state index in [-0.39, 0.29) is 0 Å². The van der Waals surface area contributed by atoms with Crippen LogP contribution < -0.4 is 10.2 Å². The molecule has 0 aromatic heterocycles. The largest absolute Gasteiger partial charge is 0.367 e. The highest BCUT2D eigenvalue weighted by Gasteiger charge is 2.21. The third-order valence-corrected chi connectivity index (χ3v) is 4.49. The monoisotopic (exact) mass is 273 g/mol. The Balaban J connectivity index is 1.63. The molecule has 1 aliphatic carbocycles. The second kappa shape index (κ2) is 6.15. The summed E-state index contributed by atoms with van der Waals surface area (Å²) in [6, 6.07) is 10.5. The zero-order valence-corrected chi connectivity index (χ0v) is 12.8. The maximum absolute atomic E-state index is 3.58. The van der Waals surface area contributed by atoms with Gasteiger partial charge in [-0.15, -0.1) is 0 Å². The lowest BCUT2D eigenvalue weighted by Gasteiger charge is -2.30. The van der Waals surface area contributed by atoms with Gasteiger partial charge in [-0.25, -0.2) is 0 Å². The van der Waals surface area contributed by atoms with E-state index in [4.69, 9.17) is 0 Å². The number of nitrogens with zero attached hydrogens (tertiary/aromatic N) is 2. The Labute approximate surface area is 123 Å². The van der Waals surface area contributed by atoms with Crippen molar-refractivity contribution in [1.82, 2.24) is 10.2 Å². The average Bonchev–Trinajstić information content (AvgIpc) is 3.26. The van der Waals surface area contributed by atoms with Gasteiger partial charge in [0.1, 0.15) is 0 Å². The molecule has 1 aliphatic heterocycles. The Hall–Kier alpha value is -1.06. The number of likely N-dealkylation sites (N-methyl/N-ethyl adjacent to an activating group) is 1. The highest BCUT2D eigenvalue weighted by molar-refractivity contribution is 5.48. The first-order valence-corrected chi connectivity index (χ1v) is 8.00. The van der Waals surface area contributed by atoms with Crippen LogP contribution in [0.1, 0.15) is 31.7 Å². The molecule has 2 fully saturated rings. The van der Waals surface area contributed by atoms with Crippen LogP contribution in [0.2, 0.25) is 0 Å². The summed E-state index contributed by atoms with van der Waals surface area (Å²) in [5.41, 5.74) is 2.78. The van der Waals surface area contributed by atoms with Gasteiger partial charge in [0.25, 0.3) is 0 Å². The van der Waals surface area contributed by atoms with E-state index in [2.05, 4.69) is 53.4 Å². The highest BCUT2D eigenvalue weighted by Crippen LogP contribution is 2.22. The van der Waals surface area contributed by atoms with Crippen LogP contribution in [0.3, 0.4) is 0 Å². The van der Waals surface area contributed by atoms with E-state index in [1.807, 2.05) is 0 Å².